The molecule has 0 aliphatic carbocycles. The van der Waals surface area contributed by atoms with Gasteiger partial charge in [-0.25, -0.2) is 0 Å². The van der Waals surface area contributed by atoms with Gasteiger partial charge in [0.25, 0.3) is 0 Å². The third kappa shape index (κ3) is 5.44. The molecule has 2 heteroatoms. The molecule has 0 N–H and O–H groups in total. The van der Waals surface area contributed by atoms with E-state index in [4.69, 9.17) is 0 Å². The maximum absolute atomic E-state index is 2.46. The van der Waals surface area contributed by atoms with E-state index in [0.29, 0.717) is 0 Å². The van der Waals surface area contributed by atoms with Crippen molar-refractivity contribution < 1.29 is 0 Å². The summed E-state index contributed by atoms with van der Waals surface area (Å²) in [6.45, 7) is 0. The van der Waals surface area contributed by atoms with Gasteiger partial charge in [0.1, 0.15) is 0 Å². The summed E-state index contributed by atoms with van der Waals surface area (Å²) >= 11 is 0. The SMILES string of the molecule is c1ccc(-c2ccccc2-c2ccc(N(c3ccccc3-c3ccc4ccccc4c3)c3cccc4c3c3ccccc3n4-c3ccccc3)cc2)cc1. The van der Waals surface area contributed by atoms with E-state index in [9.17, 15) is 0 Å². The largest absolute Gasteiger partial charge is 0.309 e. The van der Waals surface area contributed by atoms with Crippen LogP contribution in [0.5, 0.6) is 0 Å². The minimum atomic E-state index is 1.09. The summed E-state index contributed by atoms with van der Waals surface area (Å²) in [4.78, 5) is 2.46. The summed E-state index contributed by atoms with van der Waals surface area (Å²) in [5.74, 6) is 0. The highest BCUT2D eigenvalue weighted by molar-refractivity contribution is 6.17. The molecule has 9 aromatic carbocycles. The summed E-state index contributed by atoms with van der Waals surface area (Å²) in [5.41, 5.74) is 14.0. The van der Waals surface area contributed by atoms with E-state index in [2.05, 4.69) is 228 Å². The summed E-state index contributed by atoms with van der Waals surface area (Å²) in [6, 6.07) is 78.9. The second-order valence-electron chi connectivity index (χ2n) is 13.7. The van der Waals surface area contributed by atoms with Crippen molar-refractivity contribution in [2.75, 3.05) is 4.90 Å². The summed E-state index contributed by atoms with van der Waals surface area (Å²) in [5, 5.41) is 4.89. The van der Waals surface area contributed by atoms with Crippen LogP contribution in [0.3, 0.4) is 0 Å². The molecule has 0 saturated heterocycles. The second kappa shape index (κ2) is 13.4. The number of fused-ring (bicyclic) bond motifs is 4. The molecule has 254 valence electrons. The van der Waals surface area contributed by atoms with Crippen LogP contribution in [0, 0.1) is 0 Å². The predicted octanol–water partition coefficient (Wildman–Crippen LogP) is 14.4. The third-order valence-electron chi connectivity index (χ3n) is 10.6. The Morgan fingerprint density at radius 3 is 1.67 bits per heavy atom. The van der Waals surface area contributed by atoms with Crippen LogP contribution in [0.1, 0.15) is 0 Å². The number of hydrogen-bond acceptors (Lipinski definition) is 1. The van der Waals surface area contributed by atoms with Gasteiger partial charge >= 0.3 is 0 Å². The van der Waals surface area contributed by atoms with Gasteiger partial charge in [-0.3, -0.25) is 0 Å². The highest BCUT2D eigenvalue weighted by atomic mass is 15.1. The number of anilines is 3. The maximum atomic E-state index is 2.46. The van der Waals surface area contributed by atoms with Crippen LogP contribution in [0.2, 0.25) is 0 Å². The Morgan fingerprint density at radius 2 is 0.889 bits per heavy atom. The smallest absolute Gasteiger partial charge is 0.0562 e. The minimum Gasteiger partial charge on any atom is -0.309 e. The monoisotopic (exact) mass is 688 g/mol. The van der Waals surface area contributed by atoms with Gasteiger partial charge in [-0.1, -0.05) is 164 Å². The van der Waals surface area contributed by atoms with Crippen LogP contribution >= 0.6 is 0 Å². The first-order valence-corrected chi connectivity index (χ1v) is 18.5. The normalized spacial score (nSPS) is 11.3. The minimum absolute atomic E-state index is 1.09. The molecule has 2 nitrogen and oxygen atoms in total. The quantitative estimate of drug-likeness (QED) is 0.162. The fraction of sp³-hybridized carbons (Fsp3) is 0. The average Bonchev–Trinajstić information content (AvgIpc) is 3.60. The van der Waals surface area contributed by atoms with Gasteiger partial charge in [0.15, 0.2) is 0 Å². The van der Waals surface area contributed by atoms with E-state index in [-0.39, 0.29) is 0 Å². The molecule has 10 aromatic rings. The molecule has 0 atom stereocenters. The van der Waals surface area contributed by atoms with Crippen molar-refractivity contribution in [3.63, 3.8) is 0 Å². The van der Waals surface area contributed by atoms with E-state index in [1.165, 1.54) is 66.0 Å². The van der Waals surface area contributed by atoms with Gasteiger partial charge in [-0.05, 0) is 93.2 Å². The van der Waals surface area contributed by atoms with E-state index < -0.39 is 0 Å². The summed E-state index contributed by atoms with van der Waals surface area (Å²) in [6.07, 6.45) is 0. The molecule has 0 saturated carbocycles. The number of rotatable bonds is 7. The lowest BCUT2D eigenvalue weighted by Crippen LogP contribution is -2.11. The molecule has 0 spiro atoms. The molecular weight excluding hydrogens is 653 g/mol. The standard InChI is InChI=1S/C52H36N2/c1-3-17-38(18-4-1)44-22-9-10-23-45(44)39-32-34-43(35-33-39)54(48-26-13-11-24-46(48)41-31-30-37-16-7-8-19-40(37)36-41)51-29-15-28-50-52(51)47-25-12-14-27-49(47)53(50)42-20-5-2-6-21-42/h1-36H. The van der Waals surface area contributed by atoms with Crippen molar-refractivity contribution in [1.29, 1.82) is 0 Å². The van der Waals surface area contributed by atoms with Gasteiger partial charge in [-0.2, -0.15) is 0 Å². The zero-order chi connectivity index (χ0) is 35.8. The van der Waals surface area contributed by atoms with Crippen molar-refractivity contribution in [2.24, 2.45) is 0 Å². The van der Waals surface area contributed by atoms with Gasteiger partial charge < -0.3 is 9.47 Å². The molecule has 10 rings (SSSR count). The number of para-hydroxylation sites is 3. The van der Waals surface area contributed by atoms with E-state index in [1.807, 2.05) is 0 Å². The van der Waals surface area contributed by atoms with Crippen LogP contribution in [0.4, 0.5) is 17.1 Å². The average molecular weight is 689 g/mol. The number of benzene rings is 9. The summed E-state index contributed by atoms with van der Waals surface area (Å²) < 4.78 is 2.39. The van der Waals surface area contributed by atoms with Crippen LogP contribution in [-0.4, -0.2) is 4.57 Å². The Labute approximate surface area is 315 Å². The van der Waals surface area contributed by atoms with Crippen molar-refractivity contribution in [3.8, 4) is 39.1 Å². The number of aromatic nitrogens is 1. The van der Waals surface area contributed by atoms with Gasteiger partial charge in [0.05, 0.1) is 22.4 Å². The van der Waals surface area contributed by atoms with Crippen LogP contribution in [-0.2, 0) is 0 Å². The molecule has 0 aliphatic heterocycles. The van der Waals surface area contributed by atoms with Crippen molar-refractivity contribution in [2.45, 2.75) is 0 Å². The van der Waals surface area contributed by atoms with Gasteiger partial charge in [0, 0.05) is 27.7 Å². The Morgan fingerprint density at radius 1 is 0.333 bits per heavy atom. The zero-order valence-corrected chi connectivity index (χ0v) is 29.7. The molecule has 0 aliphatic rings. The fourth-order valence-corrected chi connectivity index (χ4v) is 8.11. The van der Waals surface area contributed by atoms with E-state index in [0.717, 1.165) is 22.7 Å². The highest BCUT2D eigenvalue weighted by Crippen LogP contribution is 2.47. The van der Waals surface area contributed by atoms with Crippen LogP contribution < -0.4 is 4.90 Å². The second-order valence-corrected chi connectivity index (χ2v) is 13.7. The molecule has 0 amide bonds. The van der Waals surface area contributed by atoms with Gasteiger partial charge in [-0.15, -0.1) is 0 Å². The molecule has 0 bridgehead atoms. The number of nitrogens with zero attached hydrogens (tertiary/aromatic N) is 2. The summed E-state index contributed by atoms with van der Waals surface area (Å²) in [7, 11) is 0. The van der Waals surface area contributed by atoms with Crippen LogP contribution in [0.25, 0.3) is 71.6 Å². The Balaban J connectivity index is 1.21. The van der Waals surface area contributed by atoms with Crippen molar-refractivity contribution in [1.82, 2.24) is 4.57 Å². The number of hydrogen-bond donors (Lipinski definition) is 0. The predicted molar refractivity (Wildman–Crippen MR) is 229 cm³/mol. The molecule has 0 fully saturated rings. The first kappa shape index (κ1) is 31.6. The van der Waals surface area contributed by atoms with Crippen molar-refractivity contribution >= 4 is 49.6 Å². The first-order chi connectivity index (χ1) is 26.8. The lowest BCUT2D eigenvalue weighted by Gasteiger charge is -2.29. The zero-order valence-electron chi connectivity index (χ0n) is 29.7. The Hall–Kier alpha value is -7.16. The molecule has 1 heterocycles. The molecule has 0 unspecified atom stereocenters. The molecular formula is C52H36N2. The highest BCUT2D eigenvalue weighted by Gasteiger charge is 2.23. The molecule has 1 aromatic heterocycles. The molecule has 54 heavy (non-hydrogen) atoms. The van der Waals surface area contributed by atoms with Crippen LogP contribution in [0.15, 0.2) is 218 Å². The maximum Gasteiger partial charge on any atom is 0.0562 e. The topological polar surface area (TPSA) is 8.17 Å². The lowest BCUT2D eigenvalue weighted by molar-refractivity contribution is 1.18. The molecule has 0 radical (unpaired) electrons. The Bertz CT molecular complexity index is 2920. The van der Waals surface area contributed by atoms with E-state index in [1.54, 1.807) is 0 Å². The first-order valence-electron chi connectivity index (χ1n) is 18.5. The van der Waals surface area contributed by atoms with E-state index >= 15 is 0 Å². The van der Waals surface area contributed by atoms with Gasteiger partial charge in [0.2, 0.25) is 0 Å². The fourth-order valence-electron chi connectivity index (χ4n) is 8.11. The third-order valence-corrected chi connectivity index (χ3v) is 10.6. The Kier molecular flexibility index (Phi) is 7.85. The lowest BCUT2D eigenvalue weighted by atomic mass is 9.94. The van der Waals surface area contributed by atoms with Crippen molar-refractivity contribution in [3.05, 3.63) is 218 Å².